The molecule has 1 aromatic carbocycles. The van der Waals surface area contributed by atoms with Crippen LogP contribution >= 0.6 is 0 Å². The zero-order valence-electron chi connectivity index (χ0n) is 18.7. The average Bonchev–Trinajstić information content (AvgIpc) is 2.94. The van der Waals surface area contributed by atoms with Crippen LogP contribution in [0.25, 0.3) is 0 Å². The van der Waals surface area contributed by atoms with E-state index in [4.69, 9.17) is 0 Å². The van der Waals surface area contributed by atoms with E-state index in [0.717, 1.165) is 37.0 Å². The Morgan fingerprint density at radius 2 is 1.80 bits per heavy atom. The summed E-state index contributed by atoms with van der Waals surface area (Å²) in [4.78, 5) is 39.2. The molecule has 2 N–H and O–H groups in total. The lowest BCUT2D eigenvalue weighted by molar-refractivity contribution is -0.135. The molecule has 1 heterocycles. The smallest absolute Gasteiger partial charge is 0.325 e. The molecular formula is C24H35N3O3. The van der Waals surface area contributed by atoms with Gasteiger partial charge in [0, 0.05) is 5.69 Å². The third-order valence-corrected chi connectivity index (χ3v) is 7.18. The van der Waals surface area contributed by atoms with E-state index >= 15 is 0 Å². The van der Waals surface area contributed by atoms with Crippen molar-refractivity contribution in [1.82, 2.24) is 10.2 Å². The Hall–Kier alpha value is -2.37. The molecule has 1 saturated heterocycles. The molecule has 0 atom stereocenters. The number of amides is 4. The molecule has 1 aliphatic carbocycles. The van der Waals surface area contributed by atoms with Crippen molar-refractivity contribution < 1.29 is 14.4 Å². The summed E-state index contributed by atoms with van der Waals surface area (Å²) in [7, 11) is 0. The van der Waals surface area contributed by atoms with Crippen molar-refractivity contribution in [2.45, 2.75) is 78.2 Å². The van der Waals surface area contributed by atoms with Crippen molar-refractivity contribution in [2.24, 2.45) is 11.3 Å². The number of urea groups is 1. The number of nitrogens with zero attached hydrogens (tertiary/aromatic N) is 1. The van der Waals surface area contributed by atoms with Crippen LogP contribution in [0.1, 0.15) is 71.8 Å². The van der Waals surface area contributed by atoms with E-state index in [1.54, 1.807) is 0 Å². The molecule has 4 amide bonds. The van der Waals surface area contributed by atoms with Crippen LogP contribution in [0.4, 0.5) is 10.5 Å². The number of rotatable bonds is 7. The highest BCUT2D eigenvalue weighted by atomic mass is 16.2. The minimum Gasteiger partial charge on any atom is -0.325 e. The predicted octanol–water partition coefficient (Wildman–Crippen LogP) is 4.49. The maximum absolute atomic E-state index is 13.1. The highest BCUT2D eigenvalue weighted by Crippen LogP contribution is 2.45. The summed E-state index contributed by atoms with van der Waals surface area (Å²) in [5.41, 5.74) is 1.29. The van der Waals surface area contributed by atoms with Crippen LogP contribution in [0, 0.1) is 11.3 Å². The number of carbonyl (C=O) groups is 3. The zero-order chi connectivity index (χ0) is 21.9. The molecule has 30 heavy (non-hydrogen) atoms. The van der Waals surface area contributed by atoms with Crippen molar-refractivity contribution >= 4 is 23.5 Å². The molecule has 2 aliphatic rings. The van der Waals surface area contributed by atoms with Gasteiger partial charge in [-0.25, -0.2) is 4.79 Å². The summed E-state index contributed by atoms with van der Waals surface area (Å²) >= 11 is 0. The molecule has 6 heteroatoms. The quantitative estimate of drug-likeness (QED) is 0.646. The molecule has 3 rings (SSSR count). The van der Waals surface area contributed by atoms with Crippen LogP contribution in [0.3, 0.4) is 0 Å². The van der Waals surface area contributed by atoms with Crippen LogP contribution in [-0.2, 0) is 16.0 Å². The van der Waals surface area contributed by atoms with Crippen LogP contribution < -0.4 is 10.6 Å². The monoisotopic (exact) mass is 413 g/mol. The Bertz CT molecular complexity index is 792. The van der Waals surface area contributed by atoms with Crippen molar-refractivity contribution in [3.63, 3.8) is 0 Å². The van der Waals surface area contributed by atoms with Crippen LogP contribution in [-0.4, -0.2) is 34.8 Å². The third-order valence-electron chi connectivity index (χ3n) is 7.18. The summed E-state index contributed by atoms with van der Waals surface area (Å²) < 4.78 is 0. The van der Waals surface area contributed by atoms with Gasteiger partial charge in [-0.15, -0.1) is 0 Å². The number of hydrogen-bond acceptors (Lipinski definition) is 3. The van der Waals surface area contributed by atoms with Crippen molar-refractivity contribution in [3.8, 4) is 0 Å². The Labute approximate surface area is 179 Å². The first-order valence-corrected chi connectivity index (χ1v) is 11.2. The topological polar surface area (TPSA) is 78.5 Å². The minimum atomic E-state index is -0.834. The lowest BCUT2D eigenvalue weighted by Gasteiger charge is -2.42. The maximum atomic E-state index is 13.1. The van der Waals surface area contributed by atoms with E-state index in [2.05, 4.69) is 38.3 Å². The van der Waals surface area contributed by atoms with Gasteiger partial charge in [0.15, 0.2) is 0 Å². The Kier molecular flexibility index (Phi) is 6.53. The van der Waals surface area contributed by atoms with Gasteiger partial charge in [-0.3, -0.25) is 14.5 Å². The number of hydrogen-bond donors (Lipinski definition) is 2. The fourth-order valence-electron chi connectivity index (χ4n) is 4.73. The zero-order valence-corrected chi connectivity index (χ0v) is 18.7. The SMILES string of the molecule is CCCc1ccc(NC(=O)CN2C(=O)NC3(CCC(C(C)(C)CC)CC3)C2=O)cc1. The molecule has 1 aromatic rings. The standard InChI is InChI=1S/C24H35N3O3/c1-5-7-17-8-10-19(11-9-17)25-20(28)16-27-21(29)24(26-22(27)30)14-12-18(13-15-24)23(3,4)6-2/h8-11,18H,5-7,12-16H2,1-4H3,(H,25,28)(H,26,30). The molecular weight excluding hydrogens is 378 g/mol. The van der Waals surface area contributed by atoms with E-state index in [-0.39, 0.29) is 23.8 Å². The van der Waals surface area contributed by atoms with Crippen molar-refractivity contribution in [1.29, 1.82) is 0 Å². The summed E-state index contributed by atoms with van der Waals surface area (Å²) in [6, 6.07) is 7.22. The number of carbonyl (C=O) groups excluding carboxylic acids is 3. The molecule has 0 radical (unpaired) electrons. The average molecular weight is 414 g/mol. The second-order valence-electron chi connectivity index (χ2n) is 9.52. The number of nitrogens with one attached hydrogen (secondary N) is 2. The molecule has 2 fully saturated rings. The van der Waals surface area contributed by atoms with Crippen molar-refractivity contribution in [2.75, 3.05) is 11.9 Å². The molecule has 1 spiro atoms. The number of aryl methyl sites for hydroxylation is 1. The highest BCUT2D eigenvalue weighted by molar-refractivity contribution is 6.10. The van der Waals surface area contributed by atoms with Gasteiger partial charge in [-0.05, 0) is 61.1 Å². The first-order chi connectivity index (χ1) is 14.2. The van der Waals surface area contributed by atoms with Gasteiger partial charge in [0.2, 0.25) is 5.91 Å². The van der Waals surface area contributed by atoms with E-state index in [0.29, 0.717) is 24.4 Å². The molecule has 164 valence electrons. The molecule has 0 aromatic heterocycles. The maximum Gasteiger partial charge on any atom is 0.325 e. The van der Waals surface area contributed by atoms with Gasteiger partial charge in [-0.2, -0.15) is 0 Å². The molecule has 0 bridgehead atoms. The van der Waals surface area contributed by atoms with E-state index in [1.165, 1.54) is 5.56 Å². The van der Waals surface area contributed by atoms with Crippen LogP contribution in [0.15, 0.2) is 24.3 Å². The normalized spacial score (nSPS) is 24.3. The molecule has 6 nitrogen and oxygen atoms in total. The third kappa shape index (κ3) is 4.52. The summed E-state index contributed by atoms with van der Waals surface area (Å²) in [6.07, 6.45) is 6.27. The molecule has 1 saturated carbocycles. The lowest BCUT2D eigenvalue weighted by Crippen LogP contribution is -2.51. The number of anilines is 1. The van der Waals surface area contributed by atoms with Crippen LogP contribution in [0.2, 0.25) is 0 Å². The fourth-order valence-corrected chi connectivity index (χ4v) is 4.73. The van der Waals surface area contributed by atoms with Gasteiger partial charge >= 0.3 is 6.03 Å². The van der Waals surface area contributed by atoms with Gasteiger partial charge in [0.1, 0.15) is 12.1 Å². The van der Waals surface area contributed by atoms with E-state index in [9.17, 15) is 14.4 Å². The highest BCUT2D eigenvalue weighted by Gasteiger charge is 2.53. The van der Waals surface area contributed by atoms with E-state index < -0.39 is 11.6 Å². The minimum absolute atomic E-state index is 0.236. The van der Waals surface area contributed by atoms with E-state index in [1.807, 2.05) is 24.3 Å². The van der Waals surface area contributed by atoms with Gasteiger partial charge in [-0.1, -0.05) is 52.7 Å². The first kappa shape index (κ1) is 22.3. The summed E-state index contributed by atoms with van der Waals surface area (Å²) in [6.45, 7) is 8.61. The number of imide groups is 1. The van der Waals surface area contributed by atoms with Crippen molar-refractivity contribution in [3.05, 3.63) is 29.8 Å². The molecule has 1 aliphatic heterocycles. The Morgan fingerprint density at radius 1 is 1.17 bits per heavy atom. The largest absolute Gasteiger partial charge is 0.325 e. The van der Waals surface area contributed by atoms with Crippen LogP contribution in [0.5, 0.6) is 0 Å². The fraction of sp³-hybridized carbons (Fsp3) is 0.625. The second kappa shape index (κ2) is 8.78. The van der Waals surface area contributed by atoms with Gasteiger partial charge in [0.05, 0.1) is 0 Å². The Morgan fingerprint density at radius 3 is 2.37 bits per heavy atom. The van der Waals surface area contributed by atoms with Gasteiger partial charge < -0.3 is 10.6 Å². The Balaban J connectivity index is 1.59. The lowest BCUT2D eigenvalue weighted by atomic mass is 9.65. The second-order valence-corrected chi connectivity index (χ2v) is 9.52. The predicted molar refractivity (Wildman–Crippen MR) is 118 cm³/mol. The van der Waals surface area contributed by atoms with Gasteiger partial charge in [0.25, 0.3) is 5.91 Å². The summed E-state index contributed by atoms with van der Waals surface area (Å²) in [5, 5.41) is 5.70. The first-order valence-electron chi connectivity index (χ1n) is 11.2. The molecule has 0 unspecified atom stereocenters. The number of benzene rings is 1. The summed E-state index contributed by atoms with van der Waals surface area (Å²) in [5.74, 6) is -0.0702.